The lowest BCUT2D eigenvalue weighted by molar-refractivity contribution is 0.468. The monoisotopic (exact) mass is 275 g/mol. The van der Waals surface area contributed by atoms with Crippen molar-refractivity contribution in [3.63, 3.8) is 0 Å². The molecule has 0 aromatic heterocycles. The van der Waals surface area contributed by atoms with Crippen LogP contribution in [-0.4, -0.2) is 32.9 Å². The van der Waals surface area contributed by atoms with Gasteiger partial charge in [-0.3, -0.25) is 4.72 Å². The van der Waals surface area contributed by atoms with Crippen molar-refractivity contribution in [1.29, 1.82) is 0 Å². The van der Waals surface area contributed by atoms with Crippen LogP contribution in [-0.2, 0) is 10.2 Å². The number of nitrogens with two attached hydrogens (primary N) is 1. The molecule has 0 amide bonds. The van der Waals surface area contributed by atoms with Gasteiger partial charge in [-0.05, 0) is 37.6 Å². The maximum Gasteiger partial charge on any atom is 0.301 e. The fourth-order valence-electron chi connectivity index (χ4n) is 1.32. The number of hydrogen-bond donors (Lipinski definition) is 2. The summed E-state index contributed by atoms with van der Waals surface area (Å²) < 4.78 is 40.5. The summed E-state index contributed by atoms with van der Waals surface area (Å²) in [5.41, 5.74) is 5.99. The van der Waals surface area contributed by atoms with Gasteiger partial charge in [0.2, 0.25) is 0 Å². The fraction of sp³-hybridized carbons (Fsp3) is 0.455. The molecule has 0 aliphatic heterocycles. The maximum atomic E-state index is 13.3. The molecule has 1 aromatic carbocycles. The highest BCUT2D eigenvalue weighted by Gasteiger charge is 2.17. The molecular formula is C11H18FN3O2S. The zero-order valence-corrected chi connectivity index (χ0v) is 11.3. The molecule has 0 saturated carbocycles. The Bertz CT molecular complexity index is 505. The molecule has 0 atom stereocenters. The molecule has 0 aliphatic carbocycles. The summed E-state index contributed by atoms with van der Waals surface area (Å²) in [4.78, 5) is 0. The van der Waals surface area contributed by atoms with Gasteiger partial charge in [0.25, 0.3) is 0 Å². The largest absolute Gasteiger partial charge is 0.330 e. The van der Waals surface area contributed by atoms with E-state index >= 15 is 0 Å². The molecule has 0 bridgehead atoms. The van der Waals surface area contributed by atoms with E-state index in [1.54, 1.807) is 6.92 Å². The van der Waals surface area contributed by atoms with Crippen LogP contribution in [0.1, 0.15) is 12.0 Å². The number of rotatable bonds is 6. The van der Waals surface area contributed by atoms with Crippen LogP contribution in [0.4, 0.5) is 10.1 Å². The normalized spacial score (nSPS) is 11.8. The van der Waals surface area contributed by atoms with Crippen molar-refractivity contribution < 1.29 is 12.8 Å². The lowest BCUT2D eigenvalue weighted by Crippen LogP contribution is -2.34. The molecule has 0 spiro atoms. The van der Waals surface area contributed by atoms with E-state index in [0.717, 1.165) is 10.4 Å². The molecule has 3 N–H and O–H groups in total. The van der Waals surface area contributed by atoms with E-state index in [4.69, 9.17) is 5.73 Å². The molecular weight excluding hydrogens is 257 g/mol. The summed E-state index contributed by atoms with van der Waals surface area (Å²) in [7, 11) is -2.21. The fourth-order valence-corrected chi connectivity index (χ4v) is 2.27. The van der Waals surface area contributed by atoms with Crippen molar-refractivity contribution in [2.75, 3.05) is 24.9 Å². The second-order valence-electron chi connectivity index (χ2n) is 4.03. The summed E-state index contributed by atoms with van der Waals surface area (Å²) >= 11 is 0. The minimum absolute atomic E-state index is 0.206. The highest BCUT2D eigenvalue weighted by Crippen LogP contribution is 2.15. The quantitative estimate of drug-likeness (QED) is 0.815. The van der Waals surface area contributed by atoms with Gasteiger partial charge in [0.15, 0.2) is 0 Å². The first kappa shape index (κ1) is 14.9. The van der Waals surface area contributed by atoms with Crippen LogP contribution in [0.3, 0.4) is 0 Å². The Morgan fingerprint density at radius 1 is 1.44 bits per heavy atom. The highest BCUT2D eigenvalue weighted by molar-refractivity contribution is 7.90. The van der Waals surface area contributed by atoms with Crippen molar-refractivity contribution >= 4 is 15.9 Å². The van der Waals surface area contributed by atoms with Crippen molar-refractivity contribution in [3.05, 3.63) is 29.6 Å². The van der Waals surface area contributed by atoms with Crippen LogP contribution in [0.25, 0.3) is 0 Å². The van der Waals surface area contributed by atoms with E-state index in [1.165, 1.54) is 19.2 Å². The maximum absolute atomic E-state index is 13.3. The summed E-state index contributed by atoms with van der Waals surface area (Å²) in [5.74, 6) is -0.445. The Kier molecular flexibility index (Phi) is 5.06. The van der Waals surface area contributed by atoms with Gasteiger partial charge in [-0.15, -0.1) is 0 Å². The van der Waals surface area contributed by atoms with E-state index in [9.17, 15) is 12.8 Å². The Morgan fingerprint density at radius 3 is 2.67 bits per heavy atom. The van der Waals surface area contributed by atoms with Crippen molar-refractivity contribution in [2.24, 2.45) is 5.73 Å². The molecule has 0 saturated heterocycles. The molecule has 1 aromatic rings. The summed E-state index contributed by atoms with van der Waals surface area (Å²) in [6.07, 6.45) is 0.569. The first-order valence-corrected chi connectivity index (χ1v) is 7.01. The third-order valence-electron chi connectivity index (χ3n) is 2.51. The van der Waals surface area contributed by atoms with Gasteiger partial charge in [-0.1, -0.05) is 6.07 Å². The summed E-state index contributed by atoms with van der Waals surface area (Å²) in [5, 5.41) is 0. The van der Waals surface area contributed by atoms with Crippen LogP contribution in [0.5, 0.6) is 0 Å². The SMILES string of the molecule is Cc1ccc(NS(=O)(=O)N(C)CCCN)cc1F. The number of anilines is 1. The Balaban J connectivity index is 2.78. The lowest BCUT2D eigenvalue weighted by atomic mass is 10.2. The van der Waals surface area contributed by atoms with Gasteiger partial charge >= 0.3 is 10.2 Å². The van der Waals surface area contributed by atoms with Crippen molar-refractivity contribution in [2.45, 2.75) is 13.3 Å². The number of nitrogens with one attached hydrogen (secondary N) is 1. The van der Waals surface area contributed by atoms with Gasteiger partial charge in [0.05, 0.1) is 5.69 Å². The number of nitrogens with zero attached hydrogens (tertiary/aromatic N) is 1. The van der Waals surface area contributed by atoms with Crippen LogP contribution >= 0.6 is 0 Å². The van der Waals surface area contributed by atoms with Crippen LogP contribution < -0.4 is 10.5 Å². The molecule has 0 unspecified atom stereocenters. The Hall–Kier alpha value is -1.18. The first-order chi connectivity index (χ1) is 8.36. The second-order valence-corrected chi connectivity index (χ2v) is 5.81. The molecule has 1 rings (SSSR count). The third-order valence-corrected chi connectivity index (χ3v) is 4.00. The van der Waals surface area contributed by atoms with E-state index in [2.05, 4.69) is 4.72 Å². The topological polar surface area (TPSA) is 75.4 Å². The van der Waals surface area contributed by atoms with Crippen LogP contribution in [0.15, 0.2) is 18.2 Å². The predicted octanol–water partition coefficient (Wildman–Crippen LogP) is 1.07. The average Bonchev–Trinajstić information content (AvgIpc) is 2.30. The Labute approximate surface area is 107 Å². The van der Waals surface area contributed by atoms with E-state index in [1.807, 2.05) is 0 Å². The van der Waals surface area contributed by atoms with Gasteiger partial charge in [0, 0.05) is 13.6 Å². The van der Waals surface area contributed by atoms with E-state index in [-0.39, 0.29) is 5.69 Å². The zero-order chi connectivity index (χ0) is 13.8. The summed E-state index contributed by atoms with van der Waals surface area (Å²) in [6.45, 7) is 2.35. The molecule has 0 fully saturated rings. The molecule has 0 aliphatic rings. The van der Waals surface area contributed by atoms with E-state index in [0.29, 0.717) is 25.1 Å². The minimum Gasteiger partial charge on any atom is -0.330 e. The number of hydrogen-bond acceptors (Lipinski definition) is 3. The van der Waals surface area contributed by atoms with Gasteiger partial charge in [-0.25, -0.2) is 4.39 Å². The minimum atomic E-state index is -3.65. The van der Waals surface area contributed by atoms with Crippen LogP contribution in [0, 0.1) is 12.7 Å². The van der Waals surface area contributed by atoms with Crippen LogP contribution in [0.2, 0.25) is 0 Å². The van der Waals surface area contributed by atoms with Gasteiger partial charge in [-0.2, -0.15) is 12.7 Å². The highest BCUT2D eigenvalue weighted by atomic mass is 32.2. The second kappa shape index (κ2) is 6.12. The average molecular weight is 275 g/mol. The molecule has 5 nitrogen and oxygen atoms in total. The molecule has 7 heteroatoms. The summed E-state index contributed by atoms with van der Waals surface area (Å²) in [6, 6.07) is 4.20. The van der Waals surface area contributed by atoms with Crippen molar-refractivity contribution in [1.82, 2.24) is 4.31 Å². The predicted molar refractivity (Wildman–Crippen MR) is 70.0 cm³/mol. The van der Waals surface area contributed by atoms with Gasteiger partial charge < -0.3 is 5.73 Å². The molecule has 102 valence electrons. The third kappa shape index (κ3) is 3.94. The smallest absolute Gasteiger partial charge is 0.301 e. The lowest BCUT2D eigenvalue weighted by Gasteiger charge is -2.18. The standard InChI is InChI=1S/C11H18FN3O2S/c1-9-4-5-10(8-11(9)12)14-18(16,17)15(2)7-3-6-13/h4-5,8,14H,3,6-7,13H2,1-2H3. The number of aryl methyl sites for hydroxylation is 1. The first-order valence-electron chi connectivity index (χ1n) is 5.57. The Morgan fingerprint density at radius 2 is 2.11 bits per heavy atom. The molecule has 0 heterocycles. The molecule has 18 heavy (non-hydrogen) atoms. The zero-order valence-electron chi connectivity index (χ0n) is 10.5. The number of benzene rings is 1. The van der Waals surface area contributed by atoms with E-state index < -0.39 is 16.0 Å². The van der Waals surface area contributed by atoms with Gasteiger partial charge in [0.1, 0.15) is 5.82 Å². The molecule has 0 radical (unpaired) electrons. The number of halogens is 1. The van der Waals surface area contributed by atoms with Crippen molar-refractivity contribution in [3.8, 4) is 0 Å².